The van der Waals surface area contributed by atoms with Gasteiger partial charge in [0.1, 0.15) is 0 Å². The molecule has 4 aromatic heterocycles. The van der Waals surface area contributed by atoms with Crippen LogP contribution in [0.15, 0.2) is 352 Å². The first-order valence-corrected chi connectivity index (χ1v) is 36.9. The standard InChI is InChI=1S/C98H68N8/c1-3-23-63(24-4-1)91-99-93(65-47-51-76(52-48-65)105-87-43-15-9-37-80(87)81-38-10-16-44-88(81)105)103-95(101-91)73-33-21-29-69(57-73)67-27-19-31-71(55-67)78-35-7-13-41-84(78)97-59-75-60-98(62-97,86(75)61-97)85-42-14-8-36-79(85)72-32-20-28-68(56-72)70-30-22-34-74(58-70)96-102-92(64-25-5-2-6-26-64)100-94(104-96)66-49-53-77(54-50-66)106-89-45-17-11-39-82(89)83-40-12-18-46-90(83)106/h1-58,75,86H,59-62H2. The molecule has 14 aromatic carbocycles. The van der Waals surface area contributed by atoms with Crippen molar-refractivity contribution in [2.75, 3.05) is 0 Å². The van der Waals surface area contributed by atoms with Crippen LogP contribution in [0.3, 0.4) is 0 Å². The minimum atomic E-state index is 0.0554. The molecule has 4 heterocycles. The maximum Gasteiger partial charge on any atom is 0.164 e. The molecule has 0 spiro atoms. The summed E-state index contributed by atoms with van der Waals surface area (Å²) in [5.74, 6) is 5.07. The predicted octanol–water partition coefficient (Wildman–Crippen LogP) is 23.9. The van der Waals surface area contributed by atoms with Crippen LogP contribution >= 0.6 is 0 Å². The zero-order valence-electron chi connectivity index (χ0n) is 58.0. The average molecular weight is 1360 g/mol. The highest BCUT2D eigenvalue weighted by molar-refractivity contribution is 6.10. The van der Waals surface area contributed by atoms with Gasteiger partial charge in [0, 0.05) is 71.7 Å². The van der Waals surface area contributed by atoms with E-state index in [-0.39, 0.29) is 10.8 Å². The first-order valence-electron chi connectivity index (χ1n) is 36.9. The number of hydrogen-bond donors (Lipinski definition) is 0. The minimum absolute atomic E-state index is 0.0554. The van der Waals surface area contributed by atoms with Gasteiger partial charge in [0.2, 0.25) is 0 Å². The zero-order chi connectivity index (χ0) is 69.9. The molecule has 0 radical (unpaired) electrons. The summed E-state index contributed by atoms with van der Waals surface area (Å²) in [7, 11) is 0. The summed E-state index contributed by atoms with van der Waals surface area (Å²) in [6.07, 6.45) is 4.78. The Morgan fingerprint density at radius 3 is 0.953 bits per heavy atom. The van der Waals surface area contributed by atoms with Gasteiger partial charge in [-0.25, -0.2) is 29.9 Å². The highest BCUT2D eigenvalue weighted by Crippen LogP contribution is 2.77. The molecule has 3 fully saturated rings. The second kappa shape index (κ2) is 24.7. The van der Waals surface area contributed by atoms with Gasteiger partial charge in [-0.2, -0.15) is 0 Å². The molecular formula is C98H68N8. The summed E-state index contributed by atoms with van der Waals surface area (Å²) < 4.78 is 4.68. The minimum Gasteiger partial charge on any atom is -0.309 e. The molecule has 0 amide bonds. The molecule has 8 nitrogen and oxygen atoms in total. The van der Waals surface area contributed by atoms with Crippen molar-refractivity contribution in [2.24, 2.45) is 11.8 Å². The Bertz CT molecular complexity index is 6010. The maximum atomic E-state index is 5.26. The maximum absolute atomic E-state index is 5.26. The Morgan fingerprint density at radius 1 is 0.236 bits per heavy atom. The number of nitrogens with zero attached hydrogens (tertiary/aromatic N) is 8. The number of aromatic nitrogens is 8. The van der Waals surface area contributed by atoms with Gasteiger partial charge in [0.15, 0.2) is 34.9 Å². The van der Waals surface area contributed by atoms with Gasteiger partial charge < -0.3 is 9.13 Å². The van der Waals surface area contributed by atoms with E-state index in [1.165, 1.54) is 96.3 Å². The highest BCUT2D eigenvalue weighted by Gasteiger charge is 2.71. The number of hydrogen-bond acceptors (Lipinski definition) is 6. The molecule has 4 atom stereocenters. The van der Waals surface area contributed by atoms with Gasteiger partial charge in [0.05, 0.1) is 22.1 Å². The average Bonchev–Trinajstić information content (AvgIpc) is 1.49. The first-order chi connectivity index (χ1) is 52.4. The third kappa shape index (κ3) is 10.2. The van der Waals surface area contributed by atoms with Crippen molar-refractivity contribution in [3.8, 4) is 124 Å². The van der Waals surface area contributed by atoms with Gasteiger partial charge in [-0.3, -0.25) is 0 Å². The topological polar surface area (TPSA) is 87.2 Å². The third-order valence-electron chi connectivity index (χ3n) is 23.3. The van der Waals surface area contributed by atoms with Crippen LogP contribution in [0.25, 0.3) is 168 Å². The van der Waals surface area contributed by atoms with E-state index < -0.39 is 0 Å². The smallest absolute Gasteiger partial charge is 0.164 e. The van der Waals surface area contributed by atoms with E-state index in [1.807, 2.05) is 36.4 Å². The molecular weight excluding hydrogens is 1290 g/mol. The highest BCUT2D eigenvalue weighted by atomic mass is 15.0. The van der Waals surface area contributed by atoms with E-state index in [2.05, 4.69) is 325 Å². The molecule has 3 aliphatic rings. The van der Waals surface area contributed by atoms with Crippen LogP contribution in [0, 0.1) is 11.8 Å². The molecule has 18 aromatic rings. The van der Waals surface area contributed by atoms with Crippen LogP contribution in [0.1, 0.15) is 36.8 Å². The lowest BCUT2D eigenvalue weighted by Crippen LogP contribution is -2.51. The molecule has 106 heavy (non-hydrogen) atoms. The van der Waals surface area contributed by atoms with E-state index in [9.17, 15) is 0 Å². The molecule has 2 bridgehead atoms. The van der Waals surface area contributed by atoms with Crippen molar-refractivity contribution in [3.05, 3.63) is 363 Å². The van der Waals surface area contributed by atoms with Gasteiger partial charge in [-0.05, 0) is 196 Å². The van der Waals surface area contributed by atoms with Crippen molar-refractivity contribution in [2.45, 2.75) is 36.5 Å². The fraction of sp³-hybridized carbons (Fsp3) is 0.0816. The quantitative estimate of drug-likeness (QED) is 0.108. The lowest BCUT2D eigenvalue weighted by molar-refractivity contribution is 0.0337. The number of fused-ring (bicyclic) bond motifs is 7. The second-order valence-electron chi connectivity index (χ2n) is 29.2. The Labute approximate surface area is 614 Å². The lowest BCUT2D eigenvalue weighted by Gasteiger charge is -2.56. The van der Waals surface area contributed by atoms with Gasteiger partial charge in [-0.15, -0.1) is 0 Å². The number of para-hydroxylation sites is 4. The van der Waals surface area contributed by atoms with E-state index in [4.69, 9.17) is 29.9 Å². The van der Waals surface area contributed by atoms with E-state index in [1.54, 1.807) is 0 Å². The number of rotatable bonds is 14. The molecule has 3 aliphatic carbocycles. The number of benzene rings is 14. The van der Waals surface area contributed by atoms with Crippen LogP contribution in [-0.4, -0.2) is 39.0 Å². The van der Waals surface area contributed by atoms with E-state index in [0.717, 1.165) is 73.4 Å². The molecule has 3 saturated carbocycles. The monoisotopic (exact) mass is 1360 g/mol. The molecule has 0 N–H and O–H groups in total. The molecule has 500 valence electrons. The van der Waals surface area contributed by atoms with Crippen LogP contribution in [0.2, 0.25) is 0 Å². The van der Waals surface area contributed by atoms with Crippen LogP contribution in [0.5, 0.6) is 0 Å². The summed E-state index contributed by atoms with van der Waals surface area (Å²) in [5.41, 5.74) is 25.2. The molecule has 0 saturated heterocycles. The van der Waals surface area contributed by atoms with Crippen LogP contribution < -0.4 is 0 Å². The van der Waals surface area contributed by atoms with Crippen molar-refractivity contribution < 1.29 is 0 Å². The summed E-state index contributed by atoms with van der Waals surface area (Å²) in [5, 5.41) is 4.93. The fourth-order valence-electron chi connectivity index (χ4n) is 18.7. The lowest BCUT2D eigenvalue weighted by atomic mass is 9.47. The first kappa shape index (κ1) is 61.4. The molecule has 4 unspecified atom stereocenters. The predicted molar refractivity (Wildman–Crippen MR) is 431 cm³/mol. The van der Waals surface area contributed by atoms with Crippen LogP contribution in [0.4, 0.5) is 0 Å². The molecule has 0 aliphatic heterocycles. The normalized spacial score (nSPS) is 17.2. The van der Waals surface area contributed by atoms with E-state index >= 15 is 0 Å². The Kier molecular flexibility index (Phi) is 14.3. The Balaban J connectivity index is 0.570. The second-order valence-corrected chi connectivity index (χ2v) is 29.2. The van der Waals surface area contributed by atoms with Gasteiger partial charge >= 0.3 is 0 Å². The summed E-state index contributed by atoms with van der Waals surface area (Å²) in [6, 6.07) is 127. The van der Waals surface area contributed by atoms with E-state index in [0.29, 0.717) is 46.8 Å². The molecule has 8 heteroatoms. The van der Waals surface area contributed by atoms with Gasteiger partial charge in [0.25, 0.3) is 0 Å². The van der Waals surface area contributed by atoms with Crippen molar-refractivity contribution >= 4 is 43.6 Å². The third-order valence-corrected chi connectivity index (χ3v) is 23.3. The fourth-order valence-corrected chi connectivity index (χ4v) is 18.7. The van der Waals surface area contributed by atoms with Gasteiger partial charge in [-0.1, -0.05) is 255 Å². The SMILES string of the molecule is c1ccc(-c2nc(-c3ccc(-n4c5ccccc5c5ccccc54)cc3)nc(-c3cccc(-c4cccc(-c5ccccc5C56CC7CC(c8ccccc8-c8cccc(-c9cccc(-c%10nc(-c%11ccccc%11)nc(-c%11ccc(-n%12c%13ccccc%13c%13ccccc%13%12)cc%11)n%10)c9)c8)(C5)C7C6)c4)c3)n2)cc1. The largest absolute Gasteiger partial charge is 0.309 e. The van der Waals surface area contributed by atoms with Crippen molar-refractivity contribution in [1.29, 1.82) is 0 Å². The summed E-state index contributed by atoms with van der Waals surface area (Å²) in [4.78, 5) is 31.2. The Morgan fingerprint density at radius 2 is 0.538 bits per heavy atom. The Hall–Kier alpha value is -13.3. The molecule has 21 rings (SSSR count). The summed E-state index contributed by atoms with van der Waals surface area (Å²) in [6.45, 7) is 0. The van der Waals surface area contributed by atoms with Crippen molar-refractivity contribution in [3.63, 3.8) is 0 Å². The van der Waals surface area contributed by atoms with Crippen LogP contribution in [-0.2, 0) is 10.8 Å². The summed E-state index contributed by atoms with van der Waals surface area (Å²) >= 11 is 0. The zero-order valence-corrected chi connectivity index (χ0v) is 58.0. The van der Waals surface area contributed by atoms with Crippen molar-refractivity contribution in [1.82, 2.24) is 39.0 Å².